The Morgan fingerprint density at radius 2 is 1.48 bits per heavy atom. The summed E-state index contributed by atoms with van der Waals surface area (Å²) in [5, 5.41) is 13.7. The van der Waals surface area contributed by atoms with Gasteiger partial charge in [-0.2, -0.15) is 0 Å². The zero-order valence-electron chi connectivity index (χ0n) is 26.5. The number of aliphatic hydroxyl groups excluding tert-OH is 1. The third kappa shape index (κ3) is 17.3. The molecule has 1 fully saturated rings. The van der Waals surface area contributed by atoms with Crippen LogP contribution in [0.25, 0.3) is 10.4 Å². The van der Waals surface area contributed by atoms with Crippen molar-refractivity contribution in [2.24, 2.45) is 17.0 Å². The minimum Gasteiger partial charge on any atom is -0.463 e. The highest BCUT2D eigenvalue weighted by molar-refractivity contribution is 5.66. The molecular formula is C31H57N3O8. The maximum Gasteiger partial charge on any atom is 0.303 e. The molecule has 0 spiro atoms. The Hall–Kier alpha value is -1.91. The minimum absolute atomic E-state index is 0.114. The molecule has 11 heteroatoms. The normalized spacial score (nSPS) is 22.7. The second-order valence-corrected chi connectivity index (χ2v) is 11.5. The SMILES string of the molecule is CCCCCCCCCCCCCCCCOC[C@@H](CO)COC1OC(COC(C)=O)C(OC(C)=O)C(C)C1N=[N+]=[N-]. The van der Waals surface area contributed by atoms with Gasteiger partial charge in [-0.25, -0.2) is 0 Å². The van der Waals surface area contributed by atoms with Crippen molar-refractivity contribution >= 4 is 11.9 Å². The number of azide groups is 1. The Balaban J connectivity index is 2.31. The molecule has 0 aromatic rings. The molecular weight excluding hydrogens is 542 g/mol. The molecule has 0 aliphatic carbocycles. The van der Waals surface area contributed by atoms with Crippen LogP contribution in [0.5, 0.6) is 0 Å². The molecule has 1 N–H and O–H groups in total. The quantitative estimate of drug-likeness (QED) is 0.0403. The molecule has 0 bridgehead atoms. The fraction of sp³-hybridized carbons (Fsp3) is 0.935. The van der Waals surface area contributed by atoms with E-state index in [2.05, 4.69) is 16.9 Å². The second-order valence-electron chi connectivity index (χ2n) is 11.5. The van der Waals surface area contributed by atoms with Crippen LogP contribution in [0.4, 0.5) is 0 Å². The van der Waals surface area contributed by atoms with Crippen LogP contribution in [0.2, 0.25) is 0 Å². The Labute approximate surface area is 253 Å². The fourth-order valence-corrected chi connectivity index (χ4v) is 5.21. The first-order valence-electron chi connectivity index (χ1n) is 16.1. The number of nitrogens with zero attached hydrogens (tertiary/aromatic N) is 3. The van der Waals surface area contributed by atoms with Gasteiger partial charge in [0.25, 0.3) is 0 Å². The number of rotatable bonds is 25. The van der Waals surface area contributed by atoms with Crippen LogP contribution >= 0.6 is 0 Å². The smallest absolute Gasteiger partial charge is 0.303 e. The monoisotopic (exact) mass is 599 g/mol. The minimum atomic E-state index is -0.969. The van der Waals surface area contributed by atoms with Gasteiger partial charge in [0, 0.05) is 37.2 Å². The standard InChI is InChI=1S/C31H57N3O8/c1-5-6-7-8-9-10-11-12-13-14-15-16-17-18-19-38-21-27(20-35)22-40-31-29(33-34-32)24(2)30(41-26(4)37)28(42-31)23-39-25(3)36/h24,27-31,35H,5-23H2,1-4H3/t24?,27-,28?,29?,30?,31?/m1/s1. The van der Waals surface area contributed by atoms with Gasteiger partial charge in [-0.05, 0) is 12.0 Å². The fourth-order valence-electron chi connectivity index (χ4n) is 5.21. The Bertz CT molecular complexity index is 764. The Morgan fingerprint density at radius 3 is 1.98 bits per heavy atom. The lowest BCUT2D eigenvalue weighted by atomic mass is 9.89. The van der Waals surface area contributed by atoms with E-state index in [1.54, 1.807) is 6.92 Å². The number of esters is 2. The molecule has 6 atom stereocenters. The largest absolute Gasteiger partial charge is 0.463 e. The van der Waals surface area contributed by atoms with Crippen molar-refractivity contribution in [3.63, 3.8) is 0 Å². The van der Waals surface area contributed by atoms with E-state index >= 15 is 0 Å². The predicted octanol–water partition coefficient (Wildman–Crippen LogP) is 6.64. The van der Waals surface area contributed by atoms with E-state index < -0.39 is 42.4 Å². The van der Waals surface area contributed by atoms with Crippen molar-refractivity contribution in [3.05, 3.63) is 10.4 Å². The topological polar surface area (TPSA) is 149 Å². The maximum absolute atomic E-state index is 11.7. The summed E-state index contributed by atoms with van der Waals surface area (Å²) >= 11 is 0. The van der Waals surface area contributed by atoms with Crippen LogP contribution in [0.1, 0.15) is 118 Å². The summed E-state index contributed by atoms with van der Waals surface area (Å²) in [6.07, 6.45) is 15.7. The van der Waals surface area contributed by atoms with Crippen LogP contribution in [0.3, 0.4) is 0 Å². The van der Waals surface area contributed by atoms with Gasteiger partial charge in [-0.1, -0.05) is 102 Å². The molecule has 0 radical (unpaired) electrons. The first-order valence-corrected chi connectivity index (χ1v) is 16.1. The molecule has 1 rings (SSSR count). The van der Waals surface area contributed by atoms with Crippen molar-refractivity contribution < 1.29 is 38.4 Å². The summed E-state index contributed by atoms with van der Waals surface area (Å²) < 4.78 is 28.2. The highest BCUT2D eigenvalue weighted by Crippen LogP contribution is 2.32. The van der Waals surface area contributed by atoms with Gasteiger partial charge in [0.2, 0.25) is 0 Å². The number of ether oxygens (including phenoxy) is 5. The first kappa shape index (κ1) is 38.1. The van der Waals surface area contributed by atoms with Crippen molar-refractivity contribution in [2.45, 2.75) is 142 Å². The van der Waals surface area contributed by atoms with Crippen LogP contribution in [0.15, 0.2) is 5.11 Å². The number of aliphatic hydroxyl groups is 1. The lowest BCUT2D eigenvalue weighted by Crippen LogP contribution is -2.56. The number of hydrogen-bond acceptors (Lipinski definition) is 9. The molecule has 1 aliphatic rings. The van der Waals surface area contributed by atoms with E-state index in [0.717, 1.165) is 12.8 Å². The Morgan fingerprint density at radius 1 is 0.905 bits per heavy atom. The van der Waals surface area contributed by atoms with Gasteiger partial charge in [-0.3, -0.25) is 9.59 Å². The number of unbranched alkanes of at least 4 members (excludes halogenated alkanes) is 13. The van der Waals surface area contributed by atoms with Crippen molar-refractivity contribution in [1.29, 1.82) is 0 Å². The van der Waals surface area contributed by atoms with Crippen molar-refractivity contribution in [2.75, 3.05) is 33.0 Å². The molecule has 11 nitrogen and oxygen atoms in total. The van der Waals surface area contributed by atoms with Crippen LogP contribution in [-0.2, 0) is 33.3 Å². The van der Waals surface area contributed by atoms with Gasteiger partial charge in [0.1, 0.15) is 18.8 Å². The highest BCUT2D eigenvalue weighted by atomic mass is 16.7. The lowest BCUT2D eigenvalue weighted by molar-refractivity contribution is -0.262. The molecule has 1 saturated heterocycles. The summed E-state index contributed by atoms with van der Waals surface area (Å²) in [6.45, 7) is 7.34. The van der Waals surface area contributed by atoms with Gasteiger partial charge in [0.15, 0.2) is 6.29 Å². The average molecular weight is 600 g/mol. The van der Waals surface area contributed by atoms with E-state index in [1.807, 2.05) is 0 Å². The summed E-state index contributed by atoms with van der Waals surface area (Å²) in [7, 11) is 0. The summed E-state index contributed by atoms with van der Waals surface area (Å²) in [5.41, 5.74) is 9.11. The van der Waals surface area contributed by atoms with Gasteiger partial charge in [-0.15, -0.1) is 0 Å². The van der Waals surface area contributed by atoms with Crippen LogP contribution in [0, 0.1) is 11.8 Å². The molecule has 1 aliphatic heterocycles. The zero-order valence-corrected chi connectivity index (χ0v) is 26.5. The lowest BCUT2D eigenvalue weighted by Gasteiger charge is -2.43. The molecule has 0 amide bonds. The maximum atomic E-state index is 11.7. The molecule has 42 heavy (non-hydrogen) atoms. The van der Waals surface area contributed by atoms with Crippen LogP contribution < -0.4 is 0 Å². The van der Waals surface area contributed by atoms with E-state index in [4.69, 9.17) is 29.2 Å². The Kier molecular flexibility index (Phi) is 22.3. The van der Waals surface area contributed by atoms with E-state index in [0.29, 0.717) is 13.2 Å². The molecule has 1 heterocycles. The molecule has 244 valence electrons. The molecule has 0 saturated carbocycles. The number of carbonyl (C=O) groups excluding carboxylic acids is 2. The van der Waals surface area contributed by atoms with Gasteiger partial charge in [0.05, 0.1) is 25.9 Å². The predicted molar refractivity (Wildman–Crippen MR) is 161 cm³/mol. The third-order valence-corrected chi connectivity index (χ3v) is 7.70. The average Bonchev–Trinajstić information content (AvgIpc) is 2.96. The van der Waals surface area contributed by atoms with E-state index in [1.165, 1.54) is 90.9 Å². The first-order chi connectivity index (χ1) is 20.3. The number of carbonyl (C=O) groups is 2. The summed E-state index contributed by atoms with van der Waals surface area (Å²) in [6, 6.07) is -0.788. The third-order valence-electron chi connectivity index (χ3n) is 7.70. The van der Waals surface area contributed by atoms with Crippen molar-refractivity contribution in [3.8, 4) is 0 Å². The molecule has 0 aromatic carbocycles. The summed E-state index contributed by atoms with van der Waals surface area (Å²) in [4.78, 5) is 25.9. The molecule has 0 aromatic heterocycles. The second kappa shape index (κ2) is 24.5. The molecule has 5 unspecified atom stereocenters. The van der Waals surface area contributed by atoms with E-state index in [-0.39, 0.29) is 25.7 Å². The van der Waals surface area contributed by atoms with Crippen LogP contribution in [-0.4, -0.2) is 74.6 Å². The summed E-state index contributed by atoms with van der Waals surface area (Å²) in [5.74, 6) is -1.79. The zero-order chi connectivity index (χ0) is 31.0. The van der Waals surface area contributed by atoms with Gasteiger partial charge >= 0.3 is 11.9 Å². The van der Waals surface area contributed by atoms with E-state index in [9.17, 15) is 14.7 Å². The number of hydrogen-bond donors (Lipinski definition) is 1. The van der Waals surface area contributed by atoms with Gasteiger partial charge < -0.3 is 28.8 Å². The van der Waals surface area contributed by atoms with Crippen molar-refractivity contribution in [1.82, 2.24) is 0 Å². The highest BCUT2D eigenvalue weighted by Gasteiger charge is 2.46.